The van der Waals surface area contributed by atoms with Gasteiger partial charge >= 0.3 is 5.97 Å². The van der Waals surface area contributed by atoms with Crippen LogP contribution in [0.15, 0.2) is 24.3 Å². The van der Waals surface area contributed by atoms with E-state index in [1.807, 2.05) is 19.1 Å². The molecule has 5 heteroatoms. The first-order valence-electron chi connectivity index (χ1n) is 6.84. The van der Waals surface area contributed by atoms with Gasteiger partial charge in [0.15, 0.2) is 6.10 Å². The van der Waals surface area contributed by atoms with Crippen molar-refractivity contribution in [3.8, 4) is 0 Å². The minimum Gasteiger partial charge on any atom is -0.448 e. The zero-order chi connectivity index (χ0) is 14.1. The molecule has 0 aliphatic carbocycles. The third-order valence-electron chi connectivity index (χ3n) is 3.82. The van der Waals surface area contributed by atoms with Crippen LogP contribution in [0.25, 0.3) is 0 Å². The first-order valence-corrected chi connectivity index (χ1v) is 6.84. The average molecular weight is 275 g/mol. The van der Waals surface area contributed by atoms with Crippen molar-refractivity contribution in [1.29, 1.82) is 0 Å². The highest BCUT2D eigenvalue weighted by Crippen LogP contribution is 2.22. The molecule has 0 bridgehead atoms. The minimum absolute atomic E-state index is 0.0205. The number of cyclic esters (lactones) is 1. The van der Waals surface area contributed by atoms with Crippen LogP contribution in [0, 0.1) is 0 Å². The molecule has 2 unspecified atom stereocenters. The summed E-state index contributed by atoms with van der Waals surface area (Å²) in [6.45, 7) is 3.56. The molecule has 0 saturated carbocycles. The van der Waals surface area contributed by atoms with Gasteiger partial charge in [-0.1, -0.05) is 18.2 Å². The lowest BCUT2D eigenvalue weighted by molar-refractivity contribution is -0.149. The van der Waals surface area contributed by atoms with E-state index >= 15 is 0 Å². The fraction of sp³-hybridized carbons (Fsp3) is 0.467. The van der Waals surface area contributed by atoms with Crippen LogP contribution in [0.4, 0.5) is 0 Å². The fourth-order valence-electron chi connectivity index (χ4n) is 2.71. The Morgan fingerprint density at radius 3 is 2.95 bits per heavy atom. The van der Waals surface area contributed by atoms with E-state index in [4.69, 9.17) is 9.47 Å². The number of hydrogen-bond acceptors (Lipinski definition) is 4. The number of rotatable bonds is 1. The molecule has 1 amide bonds. The summed E-state index contributed by atoms with van der Waals surface area (Å²) in [5.74, 6) is -0.533. The Balaban J connectivity index is 1.79. The Labute approximate surface area is 117 Å². The third-order valence-corrected chi connectivity index (χ3v) is 3.82. The van der Waals surface area contributed by atoms with Crippen molar-refractivity contribution >= 4 is 11.9 Å². The molecule has 2 heterocycles. The van der Waals surface area contributed by atoms with E-state index in [9.17, 15) is 9.59 Å². The van der Waals surface area contributed by atoms with E-state index in [2.05, 4.69) is 0 Å². The summed E-state index contributed by atoms with van der Waals surface area (Å²) in [5.41, 5.74) is 1.44. The molecule has 1 fully saturated rings. The zero-order valence-electron chi connectivity index (χ0n) is 11.4. The number of carbonyl (C=O) groups is 2. The molecule has 5 nitrogen and oxygen atoms in total. The van der Waals surface area contributed by atoms with Crippen LogP contribution in [0.5, 0.6) is 0 Å². The van der Waals surface area contributed by atoms with Gasteiger partial charge in [-0.3, -0.25) is 4.79 Å². The van der Waals surface area contributed by atoms with Crippen molar-refractivity contribution in [2.75, 3.05) is 19.8 Å². The molecule has 2 atom stereocenters. The quantitative estimate of drug-likeness (QED) is 0.718. The molecular formula is C15H17NO4. The second-order valence-corrected chi connectivity index (χ2v) is 5.21. The van der Waals surface area contributed by atoms with Crippen molar-refractivity contribution in [1.82, 2.24) is 4.90 Å². The summed E-state index contributed by atoms with van der Waals surface area (Å²) in [6, 6.07) is 7.30. The highest BCUT2D eigenvalue weighted by atomic mass is 16.5. The molecule has 106 valence electrons. The predicted octanol–water partition coefficient (Wildman–Crippen LogP) is 1.02. The van der Waals surface area contributed by atoms with Gasteiger partial charge < -0.3 is 14.4 Å². The molecule has 0 aromatic heterocycles. The number of hydrogen-bond donors (Lipinski definition) is 0. The molecule has 1 aromatic rings. The Morgan fingerprint density at radius 1 is 1.35 bits per heavy atom. The van der Waals surface area contributed by atoms with Crippen LogP contribution in [0.1, 0.15) is 22.8 Å². The topological polar surface area (TPSA) is 55.8 Å². The number of ether oxygens (including phenoxy) is 2. The molecule has 3 rings (SSSR count). The largest absolute Gasteiger partial charge is 0.448 e. The zero-order valence-corrected chi connectivity index (χ0v) is 11.4. The number of nitrogens with zero attached hydrogens (tertiary/aromatic N) is 1. The lowest BCUT2D eigenvalue weighted by Crippen LogP contribution is -2.52. The van der Waals surface area contributed by atoms with Crippen LogP contribution in [0.3, 0.4) is 0 Å². The van der Waals surface area contributed by atoms with Crippen molar-refractivity contribution in [2.45, 2.75) is 25.5 Å². The highest BCUT2D eigenvalue weighted by Gasteiger charge is 2.36. The number of morpholine rings is 1. The van der Waals surface area contributed by atoms with E-state index in [1.165, 1.54) is 0 Å². The van der Waals surface area contributed by atoms with Gasteiger partial charge in [-0.25, -0.2) is 4.79 Å². The predicted molar refractivity (Wildman–Crippen MR) is 71.3 cm³/mol. The molecular weight excluding hydrogens is 258 g/mol. The summed E-state index contributed by atoms with van der Waals surface area (Å²) in [6.07, 6.45) is -0.261. The van der Waals surface area contributed by atoms with Crippen LogP contribution in [-0.4, -0.2) is 48.7 Å². The van der Waals surface area contributed by atoms with Crippen molar-refractivity contribution in [2.24, 2.45) is 0 Å². The lowest BCUT2D eigenvalue weighted by Gasteiger charge is -2.36. The average Bonchev–Trinajstić information content (AvgIpc) is 2.47. The number of benzene rings is 1. The van der Waals surface area contributed by atoms with Gasteiger partial charge in [-0.05, 0) is 18.6 Å². The van der Waals surface area contributed by atoms with Crippen LogP contribution < -0.4 is 0 Å². The SMILES string of the molecule is CC1COCCN1C(=O)C1Cc2ccccc2C(=O)O1. The molecule has 1 aromatic carbocycles. The molecule has 0 spiro atoms. The van der Waals surface area contributed by atoms with Gasteiger partial charge in [-0.2, -0.15) is 0 Å². The van der Waals surface area contributed by atoms with E-state index in [1.54, 1.807) is 17.0 Å². The summed E-state index contributed by atoms with van der Waals surface area (Å²) >= 11 is 0. The Morgan fingerprint density at radius 2 is 2.15 bits per heavy atom. The molecule has 0 radical (unpaired) electrons. The first-order chi connectivity index (χ1) is 9.66. The molecule has 2 aliphatic heterocycles. The van der Waals surface area contributed by atoms with Gasteiger partial charge in [-0.15, -0.1) is 0 Å². The summed E-state index contributed by atoms with van der Waals surface area (Å²) < 4.78 is 10.6. The van der Waals surface area contributed by atoms with Crippen molar-refractivity contribution in [3.05, 3.63) is 35.4 Å². The molecule has 20 heavy (non-hydrogen) atoms. The van der Waals surface area contributed by atoms with E-state index in [0.717, 1.165) is 5.56 Å². The van der Waals surface area contributed by atoms with Crippen LogP contribution >= 0.6 is 0 Å². The van der Waals surface area contributed by atoms with Crippen molar-refractivity contribution < 1.29 is 19.1 Å². The lowest BCUT2D eigenvalue weighted by atomic mass is 9.97. The number of esters is 1. The third kappa shape index (κ3) is 2.29. The van der Waals surface area contributed by atoms with Crippen LogP contribution in [-0.2, 0) is 20.7 Å². The van der Waals surface area contributed by atoms with Gasteiger partial charge in [0, 0.05) is 13.0 Å². The molecule has 1 saturated heterocycles. The van der Waals surface area contributed by atoms with Gasteiger partial charge in [0.2, 0.25) is 0 Å². The maximum absolute atomic E-state index is 12.5. The van der Waals surface area contributed by atoms with E-state index in [-0.39, 0.29) is 11.9 Å². The summed E-state index contributed by atoms with van der Waals surface area (Å²) in [7, 11) is 0. The first kappa shape index (κ1) is 13.1. The molecule has 2 aliphatic rings. The number of fused-ring (bicyclic) bond motifs is 1. The maximum Gasteiger partial charge on any atom is 0.339 e. The standard InChI is InChI=1S/C15H17NO4/c1-10-9-19-7-6-16(10)14(17)13-8-11-4-2-3-5-12(11)15(18)20-13/h2-5,10,13H,6-9H2,1H3. The fourth-order valence-corrected chi connectivity index (χ4v) is 2.71. The normalized spacial score (nSPS) is 25.9. The van der Waals surface area contributed by atoms with Crippen molar-refractivity contribution in [3.63, 3.8) is 0 Å². The smallest absolute Gasteiger partial charge is 0.339 e. The molecule has 0 N–H and O–H groups in total. The van der Waals surface area contributed by atoms with E-state index in [0.29, 0.717) is 31.7 Å². The highest BCUT2D eigenvalue weighted by molar-refractivity contribution is 5.95. The Kier molecular flexibility index (Phi) is 3.44. The number of amides is 1. The second-order valence-electron chi connectivity index (χ2n) is 5.21. The number of carbonyl (C=O) groups excluding carboxylic acids is 2. The monoisotopic (exact) mass is 275 g/mol. The van der Waals surface area contributed by atoms with E-state index < -0.39 is 12.1 Å². The summed E-state index contributed by atoms with van der Waals surface area (Å²) in [5, 5.41) is 0. The van der Waals surface area contributed by atoms with Gasteiger partial charge in [0.05, 0.1) is 24.8 Å². The second kappa shape index (κ2) is 5.25. The maximum atomic E-state index is 12.5. The minimum atomic E-state index is -0.710. The summed E-state index contributed by atoms with van der Waals surface area (Å²) in [4.78, 5) is 26.2. The Bertz CT molecular complexity index is 542. The van der Waals surface area contributed by atoms with Gasteiger partial charge in [0.25, 0.3) is 5.91 Å². The van der Waals surface area contributed by atoms with Crippen LogP contribution in [0.2, 0.25) is 0 Å². The van der Waals surface area contributed by atoms with Gasteiger partial charge in [0.1, 0.15) is 0 Å². The Hall–Kier alpha value is -1.88.